The molecular weight excluding hydrogens is 382 g/mol. The van der Waals surface area contributed by atoms with Crippen LogP contribution in [0.25, 0.3) is 0 Å². The first-order valence-corrected chi connectivity index (χ1v) is 10.4. The number of hydrogen-bond acceptors (Lipinski definition) is 5. The third-order valence-corrected chi connectivity index (χ3v) is 6.10. The second-order valence-corrected chi connectivity index (χ2v) is 8.00. The van der Waals surface area contributed by atoms with Crippen LogP contribution in [0.2, 0.25) is 0 Å². The molecule has 5 rings (SSSR count). The van der Waals surface area contributed by atoms with E-state index in [1.165, 1.54) is 5.56 Å². The Labute approximate surface area is 175 Å². The van der Waals surface area contributed by atoms with Gasteiger partial charge in [0.25, 0.3) is 0 Å². The summed E-state index contributed by atoms with van der Waals surface area (Å²) in [5, 5.41) is 0. The van der Waals surface area contributed by atoms with Crippen molar-refractivity contribution < 1.29 is 19.1 Å². The highest BCUT2D eigenvalue weighted by Crippen LogP contribution is 2.32. The lowest BCUT2D eigenvalue weighted by Crippen LogP contribution is -2.53. The number of fused-ring (bicyclic) bond motifs is 2. The van der Waals surface area contributed by atoms with Gasteiger partial charge in [-0.25, -0.2) is 0 Å². The van der Waals surface area contributed by atoms with Crippen molar-refractivity contribution in [1.29, 1.82) is 0 Å². The molecule has 7 heteroatoms. The first-order valence-electron chi connectivity index (χ1n) is 10.4. The molecule has 156 valence electrons. The van der Waals surface area contributed by atoms with Gasteiger partial charge in [-0.3, -0.25) is 14.5 Å². The van der Waals surface area contributed by atoms with Gasteiger partial charge in [0, 0.05) is 45.8 Å². The van der Waals surface area contributed by atoms with Crippen LogP contribution in [0.5, 0.6) is 11.5 Å². The van der Waals surface area contributed by atoms with Gasteiger partial charge >= 0.3 is 11.8 Å². The zero-order valence-electron chi connectivity index (χ0n) is 16.9. The van der Waals surface area contributed by atoms with Crippen molar-refractivity contribution in [3.8, 4) is 11.5 Å². The van der Waals surface area contributed by atoms with Gasteiger partial charge in [0.05, 0.1) is 0 Å². The maximum atomic E-state index is 12.8. The SMILES string of the molecule is O=C(C(=O)N1CCc2ccccc2C1)N1CCN(Cc2ccc3c(c2)OCO3)CC1. The molecule has 0 aromatic heterocycles. The van der Waals surface area contributed by atoms with E-state index in [1.807, 2.05) is 36.4 Å². The van der Waals surface area contributed by atoms with Crippen LogP contribution in [0.1, 0.15) is 16.7 Å². The largest absolute Gasteiger partial charge is 0.454 e. The summed E-state index contributed by atoms with van der Waals surface area (Å²) in [7, 11) is 0. The van der Waals surface area contributed by atoms with Crippen molar-refractivity contribution in [2.75, 3.05) is 39.5 Å². The molecule has 3 aliphatic heterocycles. The standard InChI is InChI=1S/C23H25N3O4/c27-22(23(28)26-8-7-18-3-1-2-4-19(18)15-26)25-11-9-24(10-12-25)14-17-5-6-20-21(13-17)30-16-29-20/h1-6,13H,7-12,14-16H2. The van der Waals surface area contributed by atoms with Crippen molar-refractivity contribution in [1.82, 2.24) is 14.7 Å². The van der Waals surface area contributed by atoms with Crippen LogP contribution in [-0.2, 0) is 29.1 Å². The smallest absolute Gasteiger partial charge is 0.312 e. The van der Waals surface area contributed by atoms with E-state index in [4.69, 9.17) is 9.47 Å². The highest BCUT2D eigenvalue weighted by atomic mass is 16.7. The number of benzene rings is 2. The summed E-state index contributed by atoms with van der Waals surface area (Å²) in [4.78, 5) is 31.2. The van der Waals surface area contributed by atoms with Crippen molar-refractivity contribution in [2.24, 2.45) is 0 Å². The summed E-state index contributed by atoms with van der Waals surface area (Å²) in [5.41, 5.74) is 3.56. The number of carbonyl (C=O) groups is 2. The summed E-state index contributed by atoms with van der Waals surface area (Å²) in [6.45, 7) is 4.81. The van der Waals surface area contributed by atoms with Gasteiger partial charge in [-0.05, 0) is 35.2 Å². The molecule has 7 nitrogen and oxygen atoms in total. The molecule has 0 aliphatic carbocycles. The molecule has 3 heterocycles. The number of ether oxygens (including phenoxy) is 2. The molecule has 0 N–H and O–H groups in total. The Morgan fingerprint density at radius 1 is 0.800 bits per heavy atom. The predicted molar refractivity (Wildman–Crippen MR) is 110 cm³/mol. The fraction of sp³-hybridized carbons (Fsp3) is 0.391. The molecule has 3 aliphatic rings. The topological polar surface area (TPSA) is 62.3 Å². The van der Waals surface area contributed by atoms with Gasteiger partial charge in [0.2, 0.25) is 6.79 Å². The lowest BCUT2D eigenvalue weighted by molar-refractivity contribution is -0.153. The van der Waals surface area contributed by atoms with Gasteiger partial charge in [-0.1, -0.05) is 30.3 Å². The number of rotatable bonds is 2. The lowest BCUT2D eigenvalue weighted by Gasteiger charge is -2.36. The molecule has 1 fully saturated rings. The fourth-order valence-electron chi connectivity index (χ4n) is 4.35. The van der Waals surface area contributed by atoms with Gasteiger partial charge in [0.15, 0.2) is 11.5 Å². The zero-order valence-corrected chi connectivity index (χ0v) is 16.9. The molecule has 2 amide bonds. The Morgan fingerprint density at radius 3 is 2.37 bits per heavy atom. The number of piperazine rings is 1. The predicted octanol–water partition coefficient (Wildman–Crippen LogP) is 1.64. The van der Waals surface area contributed by atoms with E-state index < -0.39 is 0 Å². The van der Waals surface area contributed by atoms with Crippen molar-refractivity contribution in [3.63, 3.8) is 0 Å². The highest BCUT2D eigenvalue weighted by molar-refractivity contribution is 6.34. The molecule has 2 aromatic carbocycles. The molecule has 2 aromatic rings. The molecule has 1 saturated heterocycles. The maximum absolute atomic E-state index is 12.8. The monoisotopic (exact) mass is 407 g/mol. The molecule has 0 unspecified atom stereocenters. The Kier molecular flexibility index (Phi) is 5.04. The van der Waals surface area contributed by atoms with Gasteiger partial charge in [-0.2, -0.15) is 0 Å². The minimum absolute atomic E-state index is 0.274. The van der Waals surface area contributed by atoms with Gasteiger partial charge in [0.1, 0.15) is 0 Å². The summed E-state index contributed by atoms with van der Waals surface area (Å²) < 4.78 is 10.8. The van der Waals surface area contributed by atoms with Crippen LogP contribution in [0, 0.1) is 0 Å². The van der Waals surface area contributed by atoms with Crippen molar-refractivity contribution in [3.05, 3.63) is 59.2 Å². The summed E-state index contributed by atoms with van der Waals surface area (Å²) in [6, 6.07) is 14.1. The number of hydrogen-bond donors (Lipinski definition) is 0. The third-order valence-electron chi connectivity index (χ3n) is 6.10. The minimum atomic E-state index is -0.381. The minimum Gasteiger partial charge on any atom is -0.454 e. The van der Waals surface area contributed by atoms with Gasteiger partial charge < -0.3 is 19.3 Å². The fourth-order valence-corrected chi connectivity index (χ4v) is 4.35. The van der Waals surface area contributed by atoms with E-state index in [0.717, 1.165) is 48.7 Å². The van der Waals surface area contributed by atoms with Crippen LogP contribution >= 0.6 is 0 Å². The molecular formula is C23H25N3O4. The van der Waals surface area contributed by atoms with Crippen molar-refractivity contribution >= 4 is 11.8 Å². The Morgan fingerprint density at radius 2 is 1.53 bits per heavy atom. The maximum Gasteiger partial charge on any atom is 0.312 e. The molecule has 0 spiro atoms. The van der Waals surface area contributed by atoms with E-state index in [2.05, 4.69) is 11.0 Å². The number of nitrogens with zero attached hydrogens (tertiary/aromatic N) is 3. The van der Waals surface area contributed by atoms with Crippen LogP contribution in [0.15, 0.2) is 42.5 Å². The van der Waals surface area contributed by atoms with E-state index >= 15 is 0 Å². The summed E-state index contributed by atoms with van der Waals surface area (Å²) in [6.07, 6.45) is 0.804. The van der Waals surface area contributed by atoms with Crippen LogP contribution in [0.3, 0.4) is 0 Å². The summed E-state index contributed by atoms with van der Waals surface area (Å²) >= 11 is 0. The van der Waals surface area contributed by atoms with E-state index in [9.17, 15) is 9.59 Å². The average Bonchev–Trinajstić information content (AvgIpc) is 3.26. The third kappa shape index (κ3) is 3.73. The molecule has 0 atom stereocenters. The quantitative estimate of drug-likeness (QED) is 0.709. The molecule has 30 heavy (non-hydrogen) atoms. The lowest BCUT2D eigenvalue weighted by atomic mass is 10.00. The van der Waals surface area contributed by atoms with Crippen LogP contribution in [0.4, 0.5) is 0 Å². The average molecular weight is 407 g/mol. The Balaban J connectivity index is 1.15. The van der Waals surface area contributed by atoms with E-state index in [-0.39, 0.29) is 18.6 Å². The number of carbonyl (C=O) groups excluding carboxylic acids is 2. The highest BCUT2D eigenvalue weighted by Gasteiger charge is 2.31. The van der Waals surface area contributed by atoms with Gasteiger partial charge in [-0.15, -0.1) is 0 Å². The normalized spacial score (nSPS) is 18.3. The van der Waals surface area contributed by atoms with Crippen molar-refractivity contribution in [2.45, 2.75) is 19.5 Å². The van der Waals surface area contributed by atoms with E-state index in [1.54, 1.807) is 9.80 Å². The first-order chi connectivity index (χ1) is 14.7. The molecule has 0 bridgehead atoms. The number of amides is 2. The Bertz CT molecular complexity index is 969. The molecule has 0 saturated carbocycles. The van der Waals surface area contributed by atoms with E-state index in [0.29, 0.717) is 26.2 Å². The molecule has 0 radical (unpaired) electrons. The Hall–Kier alpha value is -3.06. The van der Waals surface area contributed by atoms with Crippen LogP contribution in [-0.4, -0.2) is 66.0 Å². The second kappa shape index (κ2) is 7.99. The zero-order chi connectivity index (χ0) is 20.5. The summed E-state index contributed by atoms with van der Waals surface area (Å²) in [5.74, 6) is 0.814. The first kappa shape index (κ1) is 18.9. The van der Waals surface area contributed by atoms with Crippen LogP contribution < -0.4 is 9.47 Å². The second-order valence-electron chi connectivity index (χ2n) is 8.00.